The molecule has 6 rings (SSSR count). The minimum Gasteiger partial charge on any atom is -0.326 e. The summed E-state index contributed by atoms with van der Waals surface area (Å²) in [6, 6.07) is 12.9. The van der Waals surface area contributed by atoms with Gasteiger partial charge >= 0.3 is 0 Å². The summed E-state index contributed by atoms with van der Waals surface area (Å²) in [5, 5.41) is 9.32. The lowest BCUT2D eigenvalue weighted by atomic mass is 9.89. The van der Waals surface area contributed by atoms with E-state index in [1.165, 1.54) is 11.6 Å². The molecule has 2 saturated carbocycles. The molecular formula is C27H27FN4O. The van der Waals surface area contributed by atoms with E-state index in [9.17, 15) is 9.18 Å². The molecule has 2 fully saturated rings. The summed E-state index contributed by atoms with van der Waals surface area (Å²) in [5.41, 5.74) is 3.98. The normalized spacial score (nSPS) is 24.4. The Kier molecular flexibility index (Phi) is 4.89. The lowest BCUT2D eigenvalue weighted by Gasteiger charge is -2.17. The van der Waals surface area contributed by atoms with Crippen molar-refractivity contribution >= 4 is 33.4 Å². The molecule has 1 N–H and O–H groups in total. The molecule has 2 aliphatic carbocycles. The van der Waals surface area contributed by atoms with Gasteiger partial charge in [0.15, 0.2) is 0 Å². The average molecular weight is 443 g/mol. The van der Waals surface area contributed by atoms with Crippen LogP contribution in [0.15, 0.2) is 54.9 Å². The fourth-order valence-electron chi connectivity index (χ4n) is 6.37. The van der Waals surface area contributed by atoms with Crippen LogP contribution in [0.5, 0.6) is 0 Å². The van der Waals surface area contributed by atoms with Crippen LogP contribution in [-0.2, 0) is 11.8 Å². The number of benzene rings is 2. The van der Waals surface area contributed by atoms with E-state index in [2.05, 4.69) is 21.5 Å². The highest BCUT2D eigenvalue weighted by Crippen LogP contribution is 2.53. The number of fused-ring (bicyclic) bond motifs is 3. The van der Waals surface area contributed by atoms with E-state index in [1.54, 1.807) is 12.1 Å². The van der Waals surface area contributed by atoms with Crippen molar-refractivity contribution in [1.82, 2.24) is 14.8 Å². The molecule has 2 heterocycles. The second-order valence-corrected chi connectivity index (χ2v) is 9.88. The maximum absolute atomic E-state index is 13.9. The predicted molar refractivity (Wildman–Crippen MR) is 127 cm³/mol. The van der Waals surface area contributed by atoms with Gasteiger partial charge in [-0.2, -0.15) is 5.10 Å². The van der Waals surface area contributed by atoms with Gasteiger partial charge in [-0.05, 0) is 97.4 Å². The zero-order valence-electron chi connectivity index (χ0n) is 18.7. The maximum Gasteiger partial charge on any atom is 0.224 e. The van der Waals surface area contributed by atoms with Gasteiger partial charge in [0.1, 0.15) is 5.82 Å². The summed E-state index contributed by atoms with van der Waals surface area (Å²) in [4.78, 5) is 17.1. The van der Waals surface area contributed by atoms with Crippen molar-refractivity contribution in [1.29, 1.82) is 0 Å². The van der Waals surface area contributed by atoms with Gasteiger partial charge in [-0.25, -0.2) is 4.39 Å². The number of pyridine rings is 1. The third kappa shape index (κ3) is 3.77. The number of hydrogen-bond donors (Lipinski definition) is 1. The van der Waals surface area contributed by atoms with Crippen LogP contribution in [0, 0.1) is 23.6 Å². The van der Waals surface area contributed by atoms with E-state index in [1.807, 2.05) is 42.3 Å². The second-order valence-electron chi connectivity index (χ2n) is 9.88. The summed E-state index contributed by atoms with van der Waals surface area (Å²) >= 11 is 0. The molecule has 1 unspecified atom stereocenters. The van der Waals surface area contributed by atoms with Gasteiger partial charge in [0.05, 0.1) is 17.2 Å². The van der Waals surface area contributed by atoms with Gasteiger partial charge in [0.2, 0.25) is 5.91 Å². The minimum absolute atomic E-state index is 0.0929. The largest absolute Gasteiger partial charge is 0.326 e. The van der Waals surface area contributed by atoms with E-state index < -0.39 is 0 Å². The topological polar surface area (TPSA) is 59.8 Å². The first-order valence-corrected chi connectivity index (χ1v) is 11.8. The fraction of sp³-hybridized carbons (Fsp3) is 0.370. The molecule has 0 aliphatic heterocycles. The Hall–Kier alpha value is -3.28. The van der Waals surface area contributed by atoms with Crippen molar-refractivity contribution < 1.29 is 9.18 Å². The summed E-state index contributed by atoms with van der Waals surface area (Å²) < 4.78 is 15.7. The number of halogens is 1. The van der Waals surface area contributed by atoms with Gasteiger partial charge in [-0.1, -0.05) is 0 Å². The molecule has 0 spiro atoms. The number of nitrogens with one attached hydrogen (secondary N) is 1. The molecule has 0 bridgehead atoms. The van der Waals surface area contributed by atoms with E-state index in [4.69, 9.17) is 0 Å². The third-order valence-corrected chi connectivity index (χ3v) is 7.79. The number of aromatic nitrogens is 3. The second kappa shape index (κ2) is 7.94. The van der Waals surface area contributed by atoms with Crippen molar-refractivity contribution in [2.24, 2.45) is 24.8 Å². The van der Waals surface area contributed by atoms with Crippen LogP contribution in [0.25, 0.3) is 21.8 Å². The number of amides is 1. The molecule has 0 saturated heterocycles. The van der Waals surface area contributed by atoms with Crippen LogP contribution >= 0.6 is 0 Å². The summed E-state index contributed by atoms with van der Waals surface area (Å²) in [6.07, 6.45) is 8.69. The lowest BCUT2D eigenvalue weighted by Crippen LogP contribution is -2.15. The lowest BCUT2D eigenvalue weighted by molar-refractivity contribution is -0.117. The average Bonchev–Trinajstić information content (AvgIpc) is 3.46. The molecule has 1 amide bonds. The van der Waals surface area contributed by atoms with E-state index in [-0.39, 0.29) is 11.7 Å². The van der Waals surface area contributed by atoms with Crippen LogP contribution in [0.2, 0.25) is 0 Å². The first-order chi connectivity index (χ1) is 16.0. The van der Waals surface area contributed by atoms with Crippen molar-refractivity contribution in [3.05, 3.63) is 66.2 Å². The Morgan fingerprint density at radius 2 is 1.91 bits per heavy atom. The standard InChI is InChI=1S/C27H27FN4O/c1-32-26-5-3-22(13-20(26)15-30-32)31-27(33)10-16-8-17-11-19(12-18(17)9-16)23-6-7-29-25-4-2-21(28)14-24(23)25/h2-7,13-19H,8-12H2,1H3,(H,31,33)/t16?,17-,18+,19+. The number of rotatable bonds is 4. The van der Waals surface area contributed by atoms with Crippen LogP contribution in [0.1, 0.15) is 43.6 Å². The van der Waals surface area contributed by atoms with Crippen LogP contribution < -0.4 is 5.32 Å². The van der Waals surface area contributed by atoms with Crippen molar-refractivity contribution in [2.45, 2.75) is 38.0 Å². The zero-order valence-corrected chi connectivity index (χ0v) is 18.7. The van der Waals surface area contributed by atoms with Gasteiger partial charge in [0, 0.05) is 36.1 Å². The number of nitrogens with zero attached hydrogens (tertiary/aromatic N) is 3. The molecule has 2 aliphatic rings. The molecular weight excluding hydrogens is 415 g/mol. The number of hydrogen-bond acceptors (Lipinski definition) is 3. The SMILES string of the molecule is Cn1ncc2cc(NC(=O)CC3C[C@@H]4C[C@H](c5ccnc6ccc(F)cc56)C[C@@H]4C3)ccc21. The number of aryl methyl sites for hydroxylation is 1. The first-order valence-electron chi connectivity index (χ1n) is 11.8. The van der Waals surface area contributed by atoms with Crippen LogP contribution in [0.3, 0.4) is 0 Å². The molecule has 4 atom stereocenters. The highest BCUT2D eigenvalue weighted by Gasteiger charge is 2.42. The molecule has 2 aromatic heterocycles. The summed E-state index contributed by atoms with van der Waals surface area (Å²) in [5.74, 6) is 2.08. The van der Waals surface area contributed by atoms with Crippen LogP contribution in [-0.4, -0.2) is 20.7 Å². The number of anilines is 1. The Balaban J connectivity index is 1.09. The van der Waals surface area contributed by atoms with Gasteiger partial charge < -0.3 is 5.32 Å². The van der Waals surface area contributed by atoms with Gasteiger partial charge in [-0.15, -0.1) is 0 Å². The number of carbonyl (C=O) groups excluding carboxylic acids is 1. The Bertz CT molecular complexity index is 1350. The smallest absolute Gasteiger partial charge is 0.224 e. The van der Waals surface area contributed by atoms with Crippen molar-refractivity contribution in [3.8, 4) is 0 Å². The first kappa shape index (κ1) is 20.3. The van der Waals surface area contributed by atoms with E-state index in [0.717, 1.165) is 53.2 Å². The fourth-order valence-corrected chi connectivity index (χ4v) is 6.37. The third-order valence-electron chi connectivity index (χ3n) is 7.79. The Morgan fingerprint density at radius 3 is 2.73 bits per heavy atom. The molecule has 4 aromatic rings. The molecule has 2 aromatic carbocycles. The Labute approximate surface area is 192 Å². The quantitative estimate of drug-likeness (QED) is 0.434. The predicted octanol–water partition coefficient (Wildman–Crippen LogP) is 5.81. The highest BCUT2D eigenvalue weighted by molar-refractivity contribution is 5.93. The highest BCUT2D eigenvalue weighted by atomic mass is 19.1. The van der Waals surface area contributed by atoms with Crippen molar-refractivity contribution in [3.63, 3.8) is 0 Å². The summed E-state index contributed by atoms with van der Waals surface area (Å²) in [7, 11) is 1.91. The minimum atomic E-state index is -0.205. The van der Waals surface area contributed by atoms with Gasteiger partial charge in [0.25, 0.3) is 0 Å². The Morgan fingerprint density at radius 1 is 1.09 bits per heavy atom. The molecule has 168 valence electrons. The maximum atomic E-state index is 13.9. The van der Waals surface area contributed by atoms with Gasteiger partial charge in [-0.3, -0.25) is 14.5 Å². The monoisotopic (exact) mass is 442 g/mol. The number of carbonyl (C=O) groups is 1. The molecule has 0 radical (unpaired) electrons. The zero-order chi connectivity index (χ0) is 22.5. The van der Waals surface area contributed by atoms with E-state index >= 15 is 0 Å². The molecule has 6 heteroatoms. The van der Waals surface area contributed by atoms with Crippen molar-refractivity contribution in [2.75, 3.05) is 5.32 Å². The van der Waals surface area contributed by atoms with E-state index in [0.29, 0.717) is 30.1 Å². The molecule has 33 heavy (non-hydrogen) atoms. The summed E-state index contributed by atoms with van der Waals surface area (Å²) in [6.45, 7) is 0. The van der Waals surface area contributed by atoms with Crippen LogP contribution in [0.4, 0.5) is 10.1 Å². The molecule has 5 nitrogen and oxygen atoms in total.